The maximum absolute atomic E-state index is 8.67. The van der Waals surface area contributed by atoms with E-state index in [1.807, 2.05) is 0 Å². The van der Waals surface area contributed by atoms with Gasteiger partial charge in [0.25, 0.3) is 11.4 Å². The molecule has 0 saturated heterocycles. The zero-order chi connectivity index (χ0) is 7.15. The van der Waals surface area contributed by atoms with Gasteiger partial charge in [-0.3, -0.25) is 9.11 Å². The van der Waals surface area contributed by atoms with Gasteiger partial charge in [-0.05, 0) is 0 Å². The van der Waals surface area contributed by atoms with E-state index in [1.165, 1.54) is 5.92 Å². The molecular weight excluding hydrogens is 151 g/mol. The van der Waals surface area contributed by atoms with Gasteiger partial charge < -0.3 is 5.92 Å². The van der Waals surface area contributed by atoms with E-state index in [-0.39, 0.29) is 29.6 Å². The zero-order valence-corrected chi connectivity index (χ0v) is 9.03. The number of rotatable bonds is 0. The molecule has 2 N–H and O–H groups in total. The molecule has 0 spiro atoms. The summed E-state index contributed by atoms with van der Waals surface area (Å²) >= 11 is -2.61. The smallest absolute Gasteiger partial charge is 0.323 e. The van der Waals surface area contributed by atoms with Crippen LogP contribution in [0.2, 0.25) is 0 Å². The van der Waals surface area contributed by atoms with Crippen molar-refractivity contribution in [2.24, 2.45) is 0 Å². The Morgan fingerprint density at radius 3 is 1.22 bits per heavy atom. The van der Waals surface area contributed by atoms with Gasteiger partial charge in [0.2, 0.25) is 0 Å². The van der Waals surface area contributed by atoms with Gasteiger partial charge in [0, 0.05) is 0 Å². The molecule has 0 aromatic carbocycles. The maximum atomic E-state index is 8.67. The SMILES string of the molecule is C[C-](C)C.O=S(O)O.[Na+]. The first-order valence-corrected chi connectivity index (χ1v) is 3.10. The van der Waals surface area contributed by atoms with Crippen molar-refractivity contribution in [3.63, 3.8) is 0 Å². The molecule has 0 amide bonds. The first-order chi connectivity index (χ1) is 3.46. The summed E-state index contributed by atoms with van der Waals surface area (Å²) in [4.78, 5) is 0. The first-order valence-electron chi connectivity index (χ1n) is 2.03. The van der Waals surface area contributed by atoms with Gasteiger partial charge in [-0.1, -0.05) is 0 Å². The molecule has 9 heavy (non-hydrogen) atoms. The second-order valence-electron chi connectivity index (χ2n) is 1.73. The largest absolute Gasteiger partial charge is 1.00 e. The fourth-order valence-corrected chi connectivity index (χ4v) is 0. The van der Waals surface area contributed by atoms with Crippen LogP contribution in [0, 0.1) is 5.92 Å². The molecule has 0 rings (SSSR count). The zero-order valence-electron chi connectivity index (χ0n) is 6.21. The molecule has 0 fully saturated rings. The van der Waals surface area contributed by atoms with Crippen LogP contribution in [0.3, 0.4) is 0 Å². The van der Waals surface area contributed by atoms with Gasteiger partial charge in [-0.15, -0.1) is 0 Å². The van der Waals surface area contributed by atoms with Gasteiger partial charge in [-0.2, -0.15) is 25.0 Å². The van der Waals surface area contributed by atoms with Crippen LogP contribution in [0.5, 0.6) is 0 Å². The van der Waals surface area contributed by atoms with Gasteiger partial charge in [0.15, 0.2) is 0 Å². The molecule has 0 unspecified atom stereocenters. The molecule has 0 heterocycles. The van der Waals surface area contributed by atoms with Gasteiger partial charge in [-0.25, -0.2) is 0 Å². The summed E-state index contributed by atoms with van der Waals surface area (Å²) < 4.78 is 22.8. The van der Waals surface area contributed by atoms with E-state index in [1.54, 1.807) is 0 Å². The minimum Gasteiger partial charge on any atom is -0.323 e. The molecule has 5 heteroatoms. The van der Waals surface area contributed by atoms with Crippen molar-refractivity contribution in [3.8, 4) is 0 Å². The van der Waals surface area contributed by atoms with Gasteiger partial charge >= 0.3 is 29.6 Å². The van der Waals surface area contributed by atoms with Crippen LogP contribution in [0.4, 0.5) is 0 Å². The summed E-state index contributed by atoms with van der Waals surface area (Å²) in [5.41, 5.74) is 0. The van der Waals surface area contributed by atoms with Crippen molar-refractivity contribution in [1.29, 1.82) is 0 Å². The van der Waals surface area contributed by atoms with E-state index in [2.05, 4.69) is 20.8 Å². The monoisotopic (exact) mass is 162 g/mol. The molecule has 0 bridgehead atoms. The van der Waals surface area contributed by atoms with Crippen molar-refractivity contribution in [3.05, 3.63) is 5.92 Å². The van der Waals surface area contributed by atoms with E-state index in [4.69, 9.17) is 13.3 Å². The second-order valence-corrected chi connectivity index (χ2v) is 2.19. The Morgan fingerprint density at radius 2 is 1.22 bits per heavy atom. The third-order valence-electron chi connectivity index (χ3n) is 0. The summed E-state index contributed by atoms with van der Waals surface area (Å²) in [7, 11) is 0. The number of hydrogen-bond donors (Lipinski definition) is 2. The number of hydrogen-bond acceptors (Lipinski definition) is 1. The molecule has 3 nitrogen and oxygen atoms in total. The van der Waals surface area contributed by atoms with Crippen molar-refractivity contribution < 1.29 is 42.9 Å². The Bertz CT molecular complexity index is 60.1. The maximum Gasteiger partial charge on any atom is 1.00 e. The summed E-state index contributed by atoms with van der Waals surface area (Å²) in [6.07, 6.45) is 0. The van der Waals surface area contributed by atoms with Crippen molar-refractivity contribution in [2.75, 3.05) is 0 Å². The van der Waals surface area contributed by atoms with Crippen LogP contribution in [0.15, 0.2) is 0 Å². The summed E-state index contributed by atoms with van der Waals surface area (Å²) in [5.74, 6) is 1.42. The van der Waals surface area contributed by atoms with Crippen molar-refractivity contribution >= 4 is 11.4 Å². The first kappa shape index (κ1) is 16.6. The molecule has 52 valence electrons. The summed E-state index contributed by atoms with van der Waals surface area (Å²) in [6.45, 7) is 6.25. The second kappa shape index (κ2) is 11.8. The van der Waals surface area contributed by atoms with E-state index in [0.29, 0.717) is 0 Å². The van der Waals surface area contributed by atoms with Crippen molar-refractivity contribution in [2.45, 2.75) is 20.8 Å². The summed E-state index contributed by atoms with van der Waals surface area (Å²) in [5, 5.41) is 0. The van der Waals surface area contributed by atoms with E-state index >= 15 is 0 Å². The Balaban J connectivity index is -0.0000000720. The quantitative estimate of drug-likeness (QED) is 0.254. The van der Waals surface area contributed by atoms with Crippen molar-refractivity contribution in [1.82, 2.24) is 0 Å². The Kier molecular flexibility index (Phi) is 21.8. The Labute approximate surface area is 80.6 Å². The van der Waals surface area contributed by atoms with Crippen LogP contribution in [-0.4, -0.2) is 13.3 Å². The van der Waals surface area contributed by atoms with E-state index in [0.717, 1.165) is 0 Å². The Hall–Kier alpha value is 1.07. The van der Waals surface area contributed by atoms with Gasteiger partial charge in [0.05, 0.1) is 0 Å². The summed E-state index contributed by atoms with van der Waals surface area (Å²) in [6, 6.07) is 0. The van der Waals surface area contributed by atoms with Crippen LogP contribution in [0.1, 0.15) is 20.8 Å². The molecule has 0 radical (unpaired) electrons. The molecule has 0 saturated carbocycles. The average molecular weight is 162 g/mol. The van der Waals surface area contributed by atoms with Crippen LogP contribution in [0.25, 0.3) is 0 Å². The molecule has 0 atom stereocenters. The third kappa shape index (κ3) is 396. The van der Waals surface area contributed by atoms with Gasteiger partial charge in [0.1, 0.15) is 0 Å². The molecule has 0 aromatic heterocycles. The minimum atomic E-state index is -2.61. The van der Waals surface area contributed by atoms with E-state index < -0.39 is 11.4 Å². The van der Waals surface area contributed by atoms with Crippen LogP contribution >= 0.6 is 0 Å². The minimum absolute atomic E-state index is 0. The predicted octanol–water partition coefficient (Wildman–Crippen LogP) is -1.69. The fourth-order valence-electron chi connectivity index (χ4n) is 0. The predicted molar refractivity (Wildman–Crippen MR) is 33.7 cm³/mol. The third-order valence-corrected chi connectivity index (χ3v) is 0. The molecule has 0 aliphatic carbocycles. The average Bonchev–Trinajstić information content (AvgIpc) is 1.25. The standard InChI is InChI=1S/C4H9.Na.H2O3S/c1-4(2)3;;1-4(2)3/h1-3H3;;(H2,1,2,3)/q-1;+1;. The molecule has 0 aliphatic rings. The topological polar surface area (TPSA) is 57.5 Å². The molecule has 0 aromatic rings. The molecule has 0 aliphatic heterocycles. The normalized spacial score (nSPS) is 7.89. The van der Waals surface area contributed by atoms with E-state index in [9.17, 15) is 0 Å². The Morgan fingerprint density at radius 1 is 1.22 bits per heavy atom. The fraction of sp³-hybridized carbons (Fsp3) is 0.750. The van der Waals surface area contributed by atoms with Crippen LogP contribution < -0.4 is 29.6 Å². The molecular formula is C4H11NaO3S. The van der Waals surface area contributed by atoms with Crippen LogP contribution in [-0.2, 0) is 11.4 Å².